The first-order valence-electron chi connectivity index (χ1n) is 5.39. The molecule has 19 heavy (non-hydrogen) atoms. The van der Waals surface area contributed by atoms with Gasteiger partial charge in [0.1, 0.15) is 5.82 Å². The number of hydrogen-bond acceptors (Lipinski definition) is 3. The minimum absolute atomic E-state index is 0.0188. The van der Waals surface area contributed by atoms with E-state index in [1.54, 1.807) is 0 Å². The molecule has 1 aromatic carbocycles. The minimum atomic E-state index is -1.08. The van der Waals surface area contributed by atoms with Crippen LogP contribution in [0.5, 0.6) is 0 Å². The van der Waals surface area contributed by atoms with Crippen molar-refractivity contribution in [3.8, 4) is 0 Å². The van der Waals surface area contributed by atoms with Gasteiger partial charge >= 0.3 is 5.97 Å². The highest BCUT2D eigenvalue weighted by Gasteiger charge is 2.10. The van der Waals surface area contributed by atoms with Crippen LogP contribution < -0.4 is 5.32 Å². The number of carbonyl (C=O) groups is 1. The van der Waals surface area contributed by atoms with Gasteiger partial charge < -0.3 is 10.4 Å². The Kier molecular flexibility index (Phi) is 4.07. The molecule has 0 fully saturated rings. The number of nitrogens with zero attached hydrogens (tertiary/aromatic N) is 1. The molecule has 2 N–H and O–H groups in total. The van der Waals surface area contributed by atoms with E-state index in [1.165, 1.54) is 12.3 Å². The lowest BCUT2D eigenvalue weighted by atomic mass is 10.2. The van der Waals surface area contributed by atoms with Gasteiger partial charge in [0, 0.05) is 16.4 Å². The monoisotopic (exact) mass is 340 g/mol. The molecule has 0 amide bonds. The Bertz CT molecular complexity index is 647. The highest BCUT2D eigenvalue weighted by atomic mass is 79.9. The molecule has 6 heteroatoms. The third kappa shape index (κ3) is 3.24. The van der Waals surface area contributed by atoms with Gasteiger partial charge in [0.2, 0.25) is 0 Å². The van der Waals surface area contributed by atoms with Crippen LogP contribution in [-0.2, 0) is 0 Å². The van der Waals surface area contributed by atoms with Gasteiger partial charge in [-0.3, -0.25) is 0 Å². The maximum Gasteiger partial charge on any atom is 0.337 e. The van der Waals surface area contributed by atoms with Gasteiger partial charge in [0.15, 0.2) is 0 Å². The molecule has 1 heterocycles. The van der Waals surface area contributed by atoms with Crippen molar-refractivity contribution in [2.24, 2.45) is 0 Å². The predicted octanol–water partition coefficient (Wildman–Crippen LogP) is 4.25. The molecule has 0 spiro atoms. The number of carboxylic acids is 1. The molecule has 0 radical (unpaired) electrons. The molecule has 0 unspecified atom stereocenters. The maximum absolute atomic E-state index is 11.0. The average Bonchev–Trinajstić information content (AvgIpc) is 2.36. The fraction of sp³-hybridized carbons (Fsp3) is 0.0769. The van der Waals surface area contributed by atoms with E-state index in [-0.39, 0.29) is 10.6 Å². The van der Waals surface area contributed by atoms with Crippen LogP contribution in [0.15, 0.2) is 34.9 Å². The molecule has 0 aliphatic heterocycles. The lowest BCUT2D eigenvalue weighted by Crippen LogP contribution is -2.01. The SMILES string of the molecule is Cc1ccc(Nc2cc(C(=O)O)c(Cl)cn2)cc1Br. The number of aromatic carboxylic acids is 1. The number of rotatable bonds is 3. The van der Waals surface area contributed by atoms with Crippen molar-refractivity contribution in [2.45, 2.75) is 6.92 Å². The minimum Gasteiger partial charge on any atom is -0.478 e. The number of aromatic nitrogens is 1. The second-order valence-corrected chi connectivity index (χ2v) is 5.21. The molecule has 98 valence electrons. The van der Waals surface area contributed by atoms with E-state index in [0.29, 0.717) is 5.82 Å². The third-order valence-corrected chi connectivity index (χ3v) is 3.69. The molecule has 4 nitrogen and oxygen atoms in total. The van der Waals surface area contributed by atoms with Crippen LogP contribution >= 0.6 is 27.5 Å². The maximum atomic E-state index is 11.0. The summed E-state index contributed by atoms with van der Waals surface area (Å²) in [6.45, 7) is 1.98. The van der Waals surface area contributed by atoms with E-state index in [0.717, 1.165) is 15.7 Å². The number of halogens is 2. The fourth-order valence-corrected chi connectivity index (χ4v) is 2.05. The molecule has 2 aromatic rings. The van der Waals surface area contributed by atoms with Crippen molar-refractivity contribution < 1.29 is 9.90 Å². The van der Waals surface area contributed by atoms with E-state index in [2.05, 4.69) is 26.2 Å². The summed E-state index contributed by atoms with van der Waals surface area (Å²) in [4.78, 5) is 15.0. The highest BCUT2D eigenvalue weighted by molar-refractivity contribution is 9.10. The highest BCUT2D eigenvalue weighted by Crippen LogP contribution is 2.24. The zero-order chi connectivity index (χ0) is 14.0. The number of hydrogen-bond donors (Lipinski definition) is 2. The molecular formula is C13H10BrClN2O2. The van der Waals surface area contributed by atoms with Crippen LogP contribution in [0.4, 0.5) is 11.5 Å². The van der Waals surface area contributed by atoms with E-state index in [9.17, 15) is 4.79 Å². The molecule has 0 bridgehead atoms. The second-order valence-electron chi connectivity index (χ2n) is 3.94. The number of carboxylic acid groups (broad SMARTS) is 1. The summed E-state index contributed by atoms with van der Waals surface area (Å²) < 4.78 is 0.963. The van der Waals surface area contributed by atoms with E-state index in [1.807, 2.05) is 25.1 Å². The third-order valence-electron chi connectivity index (χ3n) is 2.53. The first kappa shape index (κ1) is 13.8. The van der Waals surface area contributed by atoms with Crippen molar-refractivity contribution in [2.75, 3.05) is 5.32 Å². The number of nitrogens with one attached hydrogen (secondary N) is 1. The van der Waals surface area contributed by atoms with Gasteiger partial charge in [-0.1, -0.05) is 33.6 Å². The summed E-state index contributed by atoms with van der Waals surface area (Å²) in [5.41, 5.74) is 1.94. The zero-order valence-corrected chi connectivity index (χ0v) is 12.3. The van der Waals surface area contributed by atoms with E-state index >= 15 is 0 Å². The van der Waals surface area contributed by atoms with Gasteiger partial charge in [-0.25, -0.2) is 9.78 Å². The predicted molar refractivity (Wildman–Crippen MR) is 78.4 cm³/mol. The summed E-state index contributed by atoms with van der Waals surface area (Å²) >= 11 is 9.19. The normalized spacial score (nSPS) is 10.3. The molecule has 0 atom stereocenters. The number of pyridine rings is 1. The Balaban J connectivity index is 2.30. The quantitative estimate of drug-likeness (QED) is 0.876. The van der Waals surface area contributed by atoms with E-state index in [4.69, 9.17) is 16.7 Å². The molecule has 1 aromatic heterocycles. The summed E-state index contributed by atoms with van der Waals surface area (Å²) in [7, 11) is 0. The molecule has 0 aliphatic rings. The molecule has 0 aliphatic carbocycles. The van der Waals surface area contributed by atoms with E-state index < -0.39 is 5.97 Å². The molecule has 2 rings (SSSR count). The average molecular weight is 342 g/mol. The lowest BCUT2D eigenvalue weighted by molar-refractivity contribution is 0.0697. The van der Waals surface area contributed by atoms with Crippen LogP contribution in [0.1, 0.15) is 15.9 Å². The summed E-state index contributed by atoms with van der Waals surface area (Å²) in [5.74, 6) is -0.655. The Morgan fingerprint density at radius 3 is 2.79 bits per heavy atom. The molecule has 0 saturated heterocycles. The number of aryl methyl sites for hydroxylation is 1. The first-order chi connectivity index (χ1) is 8.97. The van der Waals surface area contributed by atoms with Crippen LogP contribution in [0.2, 0.25) is 5.02 Å². The van der Waals surface area contributed by atoms with Gasteiger partial charge in [-0.15, -0.1) is 0 Å². The summed E-state index contributed by atoms with van der Waals surface area (Å²) in [6, 6.07) is 7.13. The van der Waals surface area contributed by atoms with Crippen molar-refractivity contribution in [3.05, 3.63) is 51.1 Å². The number of benzene rings is 1. The van der Waals surface area contributed by atoms with Crippen molar-refractivity contribution >= 4 is 45.0 Å². The smallest absolute Gasteiger partial charge is 0.337 e. The number of anilines is 2. The van der Waals surface area contributed by atoms with Crippen LogP contribution in [0.25, 0.3) is 0 Å². The van der Waals surface area contributed by atoms with Crippen LogP contribution in [0.3, 0.4) is 0 Å². The Hall–Kier alpha value is -1.59. The molecular weight excluding hydrogens is 332 g/mol. The van der Waals surface area contributed by atoms with Crippen LogP contribution in [0, 0.1) is 6.92 Å². The second kappa shape index (κ2) is 5.59. The zero-order valence-electron chi connectivity index (χ0n) is 9.95. The van der Waals surface area contributed by atoms with Crippen molar-refractivity contribution in [3.63, 3.8) is 0 Å². The fourth-order valence-electron chi connectivity index (χ4n) is 1.49. The van der Waals surface area contributed by atoms with Crippen molar-refractivity contribution in [1.82, 2.24) is 4.98 Å². The summed E-state index contributed by atoms with van der Waals surface area (Å²) in [5, 5.41) is 12.1. The van der Waals surface area contributed by atoms with Crippen LogP contribution in [-0.4, -0.2) is 16.1 Å². The Morgan fingerprint density at radius 1 is 1.42 bits per heavy atom. The topological polar surface area (TPSA) is 62.2 Å². The Morgan fingerprint density at radius 2 is 2.16 bits per heavy atom. The van der Waals surface area contributed by atoms with Gasteiger partial charge in [-0.05, 0) is 30.7 Å². The largest absolute Gasteiger partial charge is 0.478 e. The lowest BCUT2D eigenvalue weighted by Gasteiger charge is -2.08. The molecule has 0 saturated carbocycles. The Labute approximate surface area is 123 Å². The first-order valence-corrected chi connectivity index (χ1v) is 6.56. The standard InChI is InChI=1S/C13H10BrClN2O2/c1-7-2-3-8(4-10(7)14)17-12-5-9(13(18)19)11(15)6-16-12/h2-6H,1H3,(H,16,17)(H,18,19). The van der Waals surface area contributed by atoms with Gasteiger partial charge in [0.25, 0.3) is 0 Å². The van der Waals surface area contributed by atoms with Gasteiger partial charge in [0.05, 0.1) is 10.6 Å². The van der Waals surface area contributed by atoms with Crippen molar-refractivity contribution in [1.29, 1.82) is 0 Å². The van der Waals surface area contributed by atoms with Gasteiger partial charge in [-0.2, -0.15) is 0 Å². The summed E-state index contributed by atoms with van der Waals surface area (Å²) in [6.07, 6.45) is 1.32.